The number of aromatic nitrogens is 2. The van der Waals surface area contributed by atoms with Crippen molar-refractivity contribution < 1.29 is 14.5 Å². The molecule has 0 spiro atoms. The largest absolute Gasteiger partial charge is 0.456 e. The smallest absolute Gasteiger partial charge is 0.331 e. The zero-order chi connectivity index (χ0) is 19.4. The average Bonchev–Trinajstić information content (AvgIpc) is 2.65. The van der Waals surface area contributed by atoms with E-state index in [0.29, 0.717) is 11.3 Å². The molecule has 0 aliphatic heterocycles. The zero-order valence-corrected chi connectivity index (χ0v) is 14.4. The Bertz CT molecular complexity index is 1120. The van der Waals surface area contributed by atoms with Gasteiger partial charge in [-0.3, -0.25) is 19.3 Å². The Morgan fingerprint density at radius 2 is 2.07 bits per heavy atom. The summed E-state index contributed by atoms with van der Waals surface area (Å²) in [6.45, 7) is 1.69. The number of nitro benzene ring substituents is 1. The first kappa shape index (κ1) is 18.0. The van der Waals surface area contributed by atoms with Gasteiger partial charge in [0, 0.05) is 24.4 Å². The second kappa shape index (κ2) is 7.61. The molecule has 0 atom stereocenters. The number of nitro groups is 1. The highest BCUT2D eigenvalue weighted by molar-refractivity contribution is 5.87. The van der Waals surface area contributed by atoms with Crippen LogP contribution in [0.25, 0.3) is 11.7 Å². The van der Waals surface area contributed by atoms with E-state index in [9.17, 15) is 19.7 Å². The van der Waals surface area contributed by atoms with Crippen LogP contribution < -0.4 is 5.56 Å². The van der Waals surface area contributed by atoms with Crippen LogP contribution in [0.15, 0.2) is 59.5 Å². The molecule has 2 aromatic heterocycles. The van der Waals surface area contributed by atoms with Crippen LogP contribution in [0.5, 0.6) is 0 Å². The first-order valence-corrected chi connectivity index (χ1v) is 8.01. The summed E-state index contributed by atoms with van der Waals surface area (Å²) >= 11 is 0. The number of benzene rings is 1. The van der Waals surface area contributed by atoms with E-state index in [1.807, 2.05) is 13.0 Å². The molecule has 0 N–H and O–H groups in total. The van der Waals surface area contributed by atoms with Gasteiger partial charge in [0.25, 0.3) is 11.2 Å². The van der Waals surface area contributed by atoms with Gasteiger partial charge in [-0.15, -0.1) is 0 Å². The summed E-state index contributed by atoms with van der Waals surface area (Å²) < 4.78 is 6.48. The maximum Gasteiger partial charge on any atom is 0.331 e. The quantitative estimate of drug-likeness (QED) is 0.298. The Morgan fingerprint density at radius 1 is 1.30 bits per heavy atom. The third-order valence-corrected chi connectivity index (χ3v) is 3.76. The van der Waals surface area contributed by atoms with Crippen molar-refractivity contribution in [3.63, 3.8) is 0 Å². The summed E-state index contributed by atoms with van der Waals surface area (Å²) in [4.78, 5) is 38.7. The lowest BCUT2D eigenvalue weighted by atomic mass is 10.1. The van der Waals surface area contributed by atoms with Crippen molar-refractivity contribution in [3.05, 3.63) is 92.0 Å². The second-order valence-corrected chi connectivity index (χ2v) is 5.78. The van der Waals surface area contributed by atoms with Gasteiger partial charge in [0.15, 0.2) is 0 Å². The lowest BCUT2D eigenvalue weighted by molar-refractivity contribution is -0.385. The molecule has 8 nitrogen and oxygen atoms in total. The van der Waals surface area contributed by atoms with Crippen molar-refractivity contribution in [3.8, 4) is 0 Å². The Hall–Kier alpha value is -3.81. The van der Waals surface area contributed by atoms with Gasteiger partial charge in [0.2, 0.25) is 0 Å². The highest BCUT2D eigenvalue weighted by Crippen LogP contribution is 2.18. The number of pyridine rings is 1. The molecule has 0 amide bonds. The fourth-order valence-corrected chi connectivity index (χ4v) is 2.48. The number of carbonyl (C=O) groups excluding carboxylic acids is 1. The van der Waals surface area contributed by atoms with E-state index in [1.165, 1.54) is 28.7 Å². The van der Waals surface area contributed by atoms with Crippen molar-refractivity contribution in [2.75, 3.05) is 0 Å². The summed E-state index contributed by atoms with van der Waals surface area (Å²) in [5, 5.41) is 11.0. The predicted octanol–water partition coefficient (Wildman–Crippen LogP) is 2.67. The number of hydrogen-bond donors (Lipinski definition) is 0. The summed E-state index contributed by atoms with van der Waals surface area (Å²) in [6.07, 6.45) is 4.08. The number of rotatable bonds is 5. The molecule has 0 aliphatic carbocycles. The lowest BCUT2D eigenvalue weighted by Gasteiger charge is -2.05. The van der Waals surface area contributed by atoms with Gasteiger partial charge in [0.1, 0.15) is 12.3 Å². The van der Waals surface area contributed by atoms with Crippen LogP contribution in [0, 0.1) is 17.0 Å². The lowest BCUT2D eigenvalue weighted by Crippen LogP contribution is -2.16. The Morgan fingerprint density at radius 3 is 2.85 bits per heavy atom. The van der Waals surface area contributed by atoms with Gasteiger partial charge >= 0.3 is 5.97 Å². The van der Waals surface area contributed by atoms with Gasteiger partial charge in [-0.1, -0.05) is 18.2 Å². The molecule has 0 saturated carbocycles. The number of ether oxygens (including phenoxy) is 1. The van der Waals surface area contributed by atoms with Crippen LogP contribution in [0.1, 0.15) is 16.8 Å². The number of nitrogens with zero attached hydrogens (tertiary/aromatic N) is 3. The van der Waals surface area contributed by atoms with Gasteiger partial charge in [-0.25, -0.2) is 9.78 Å². The third kappa shape index (κ3) is 4.24. The van der Waals surface area contributed by atoms with Gasteiger partial charge in [0.05, 0.1) is 16.2 Å². The fraction of sp³-hybridized carbons (Fsp3) is 0.105. The Kier molecular flexibility index (Phi) is 5.07. The number of carbonyl (C=O) groups is 1. The van der Waals surface area contributed by atoms with Crippen molar-refractivity contribution in [1.82, 2.24) is 9.38 Å². The molecule has 3 rings (SSSR count). The van der Waals surface area contributed by atoms with Crippen LogP contribution in [-0.4, -0.2) is 20.3 Å². The van der Waals surface area contributed by atoms with Crippen LogP contribution in [0.3, 0.4) is 0 Å². The number of esters is 1. The topological polar surface area (TPSA) is 104 Å². The van der Waals surface area contributed by atoms with Crippen LogP contribution in [0.4, 0.5) is 5.69 Å². The monoisotopic (exact) mass is 365 g/mol. The van der Waals surface area contributed by atoms with Gasteiger partial charge < -0.3 is 4.74 Å². The number of para-hydroxylation sites is 1. The summed E-state index contributed by atoms with van der Waals surface area (Å²) in [7, 11) is 0. The molecule has 2 heterocycles. The minimum absolute atomic E-state index is 0.110. The molecule has 0 aliphatic rings. The molecule has 0 unspecified atom stereocenters. The molecule has 0 bridgehead atoms. The summed E-state index contributed by atoms with van der Waals surface area (Å²) in [5.41, 5.74) is 1.60. The molecular weight excluding hydrogens is 350 g/mol. The van der Waals surface area contributed by atoms with Crippen molar-refractivity contribution in [2.45, 2.75) is 13.5 Å². The fourth-order valence-electron chi connectivity index (χ4n) is 2.48. The average molecular weight is 365 g/mol. The molecule has 1 aromatic carbocycles. The zero-order valence-electron chi connectivity index (χ0n) is 14.4. The van der Waals surface area contributed by atoms with E-state index >= 15 is 0 Å². The maximum atomic E-state index is 12.1. The SMILES string of the molecule is Cc1ccc2nc(COC(=O)/C=C/c3ccccc3[N+](=O)[O-])cc(=O)n2c1. The second-order valence-electron chi connectivity index (χ2n) is 5.78. The van der Waals surface area contributed by atoms with E-state index in [4.69, 9.17) is 4.74 Å². The number of hydrogen-bond acceptors (Lipinski definition) is 6. The molecule has 0 radical (unpaired) electrons. The number of fused-ring (bicyclic) bond motifs is 1. The van der Waals surface area contributed by atoms with E-state index in [1.54, 1.807) is 24.4 Å². The van der Waals surface area contributed by atoms with Gasteiger partial charge in [-0.05, 0) is 30.7 Å². The Balaban J connectivity index is 1.71. The normalized spacial score (nSPS) is 11.0. The molecule has 0 fully saturated rings. The predicted molar refractivity (Wildman–Crippen MR) is 98.1 cm³/mol. The molecule has 136 valence electrons. The van der Waals surface area contributed by atoms with Crippen LogP contribution >= 0.6 is 0 Å². The summed E-state index contributed by atoms with van der Waals surface area (Å²) in [5.74, 6) is -0.695. The first-order chi connectivity index (χ1) is 12.9. The minimum atomic E-state index is -0.695. The molecule has 27 heavy (non-hydrogen) atoms. The first-order valence-electron chi connectivity index (χ1n) is 8.01. The van der Waals surface area contributed by atoms with E-state index in [-0.39, 0.29) is 23.4 Å². The van der Waals surface area contributed by atoms with Crippen molar-refractivity contribution in [1.29, 1.82) is 0 Å². The molecule has 3 aromatic rings. The van der Waals surface area contributed by atoms with E-state index < -0.39 is 10.9 Å². The highest BCUT2D eigenvalue weighted by Gasteiger charge is 2.10. The molecular formula is C19H15N3O5. The summed E-state index contributed by atoms with van der Waals surface area (Å²) in [6, 6.07) is 10.9. The third-order valence-electron chi connectivity index (χ3n) is 3.76. The molecule has 0 saturated heterocycles. The van der Waals surface area contributed by atoms with Crippen LogP contribution in [-0.2, 0) is 16.1 Å². The maximum absolute atomic E-state index is 12.1. The van der Waals surface area contributed by atoms with Crippen molar-refractivity contribution in [2.24, 2.45) is 0 Å². The number of aryl methyl sites for hydroxylation is 1. The van der Waals surface area contributed by atoms with E-state index in [2.05, 4.69) is 4.98 Å². The Labute approximate surface area is 153 Å². The van der Waals surface area contributed by atoms with Crippen LogP contribution in [0.2, 0.25) is 0 Å². The molecule has 8 heteroatoms. The standard InChI is InChI=1S/C19H15N3O5/c1-13-6-8-17-20-15(10-18(23)21(17)11-13)12-27-19(24)9-7-14-4-2-3-5-16(14)22(25)26/h2-11H,12H2,1H3/b9-7+. The van der Waals surface area contributed by atoms with E-state index in [0.717, 1.165) is 11.6 Å². The minimum Gasteiger partial charge on any atom is -0.456 e. The highest BCUT2D eigenvalue weighted by atomic mass is 16.6. The van der Waals surface area contributed by atoms with Gasteiger partial charge in [-0.2, -0.15) is 0 Å². The van der Waals surface area contributed by atoms with Crippen molar-refractivity contribution >= 4 is 23.4 Å².